The van der Waals surface area contributed by atoms with Crippen LogP contribution in [0.25, 0.3) is 4.85 Å². The number of primary amides is 1. The average molecular weight is 400 g/mol. The molecule has 0 aliphatic heterocycles. The minimum absolute atomic E-state index is 0.305. The number of rotatable bonds is 6. The molecule has 0 saturated heterocycles. The van der Waals surface area contributed by atoms with E-state index in [1.807, 2.05) is 6.92 Å². The highest BCUT2D eigenvalue weighted by molar-refractivity contribution is 8.00. The zero-order chi connectivity index (χ0) is 20.1. The molecule has 2 rings (SSSR count). The van der Waals surface area contributed by atoms with Crippen LogP contribution in [0.5, 0.6) is 0 Å². The Labute approximate surface area is 167 Å². The van der Waals surface area contributed by atoms with Crippen molar-refractivity contribution in [3.8, 4) is 6.07 Å². The number of aromatic nitrogens is 1. The highest BCUT2D eigenvalue weighted by Gasteiger charge is 2.26. The lowest BCUT2D eigenvalue weighted by atomic mass is 10.1. The summed E-state index contributed by atoms with van der Waals surface area (Å²) in [6.07, 6.45) is 0.500. The first-order valence-electron chi connectivity index (χ1n) is 8.07. The van der Waals surface area contributed by atoms with Gasteiger partial charge in [-0.25, -0.2) is 9.83 Å². The van der Waals surface area contributed by atoms with Crippen molar-refractivity contribution in [2.75, 3.05) is 19.0 Å². The molecule has 138 valence electrons. The van der Waals surface area contributed by atoms with Gasteiger partial charge in [-0.2, -0.15) is 5.26 Å². The van der Waals surface area contributed by atoms with Crippen LogP contribution in [0.3, 0.4) is 0 Å². The SMILES string of the molecule is [C-]#[N+]c1c(N(C)C)nc(SC(C(N)=O)c2ccc(Cl)cc2)c(C#N)c1CC. The summed E-state index contributed by atoms with van der Waals surface area (Å²) >= 11 is 7.03. The number of nitrogens with two attached hydrogens (primary N) is 1. The highest BCUT2D eigenvalue weighted by Crippen LogP contribution is 2.42. The molecular formula is C19H18ClN5OS. The van der Waals surface area contributed by atoms with Gasteiger partial charge in [0, 0.05) is 19.1 Å². The number of amides is 1. The molecule has 0 aliphatic rings. The molecule has 1 amide bonds. The Bertz CT molecular complexity index is 945. The Hall–Kier alpha value is -2.74. The molecule has 0 aliphatic carbocycles. The Balaban J connectivity index is 2.64. The first-order valence-corrected chi connectivity index (χ1v) is 9.32. The molecule has 1 unspecified atom stereocenters. The largest absolute Gasteiger partial charge is 0.371 e. The van der Waals surface area contributed by atoms with Gasteiger partial charge in [0.2, 0.25) is 11.6 Å². The summed E-state index contributed by atoms with van der Waals surface area (Å²) in [5.41, 5.74) is 7.55. The number of pyridine rings is 1. The van der Waals surface area contributed by atoms with Gasteiger partial charge in [-0.3, -0.25) is 4.79 Å². The van der Waals surface area contributed by atoms with Gasteiger partial charge in [0.05, 0.1) is 12.1 Å². The average Bonchev–Trinajstić information content (AvgIpc) is 2.65. The van der Waals surface area contributed by atoms with Gasteiger partial charge < -0.3 is 10.6 Å². The molecule has 1 aromatic carbocycles. The third kappa shape index (κ3) is 4.33. The zero-order valence-corrected chi connectivity index (χ0v) is 16.7. The van der Waals surface area contributed by atoms with E-state index in [1.54, 1.807) is 43.3 Å². The normalized spacial score (nSPS) is 11.3. The van der Waals surface area contributed by atoms with E-state index in [2.05, 4.69) is 15.9 Å². The molecule has 2 N–H and O–H groups in total. The monoisotopic (exact) mass is 399 g/mol. The van der Waals surface area contributed by atoms with E-state index in [-0.39, 0.29) is 0 Å². The van der Waals surface area contributed by atoms with Crippen molar-refractivity contribution >= 4 is 40.8 Å². The highest BCUT2D eigenvalue weighted by atomic mass is 35.5. The number of benzene rings is 1. The number of carbonyl (C=O) groups excluding carboxylic acids is 1. The van der Waals surface area contributed by atoms with Gasteiger partial charge in [-0.05, 0) is 29.7 Å². The van der Waals surface area contributed by atoms with Crippen molar-refractivity contribution in [3.63, 3.8) is 0 Å². The summed E-state index contributed by atoms with van der Waals surface area (Å²) in [5.74, 6) is -0.0885. The number of thioether (sulfide) groups is 1. The number of anilines is 1. The van der Waals surface area contributed by atoms with Crippen LogP contribution < -0.4 is 10.6 Å². The van der Waals surface area contributed by atoms with Crippen LogP contribution in [-0.4, -0.2) is 25.0 Å². The summed E-state index contributed by atoms with van der Waals surface area (Å²) < 4.78 is 0. The summed E-state index contributed by atoms with van der Waals surface area (Å²) in [4.78, 5) is 21.9. The smallest absolute Gasteiger partial charge is 0.235 e. The Morgan fingerprint density at radius 3 is 2.52 bits per heavy atom. The number of nitrogens with zero attached hydrogens (tertiary/aromatic N) is 4. The molecule has 0 bridgehead atoms. The number of hydrogen-bond acceptors (Lipinski definition) is 5. The third-order valence-corrected chi connectivity index (χ3v) is 5.39. The first kappa shape index (κ1) is 20.6. The van der Waals surface area contributed by atoms with E-state index >= 15 is 0 Å². The third-order valence-electron chi connectivity index (χ3n) is 3.88. The van der Waals surface area contributed by atoms with Crippen LogP contribution in [-0.2, 0) is 11.2 Å². The fourth-order valence-corrected chi connectivity index (χ4v) is 3.79. The lowest BCUT2D eigenvalue weighted by Gasteiger charge is -2.20. The molecule has 1 atom stereocenters. The Morgan fingerprint density at radius 2 is 2.07 bits per heavy atom. The maximum atomic E-state index is 12.1. The molecule has 0 spiro atoms. The second-order valence-corrected chi connectivity index (χ2v) is 7.40. The van der Waals surface area contributed by atoms with Crippen molar-refractivity contribution in [2.45, 2.75) is 23.6 Å². The molecule has 27 heavy (non-hydrogen) atoms. The van der Waals surface area contributed by atoms with E-state index in [9.17, 15) is 10.1 Å². The van der Waals surface area contributed by atoms with Crippen molar-refractivity contribution < 1.29 is 4.79 Å². The van der Waals surface area contributed by atoms with Gasteiger partial charge in [-0.15, -0.1) is 0 Å². The fraction of sp³-hybridized carbons (Fsp3) is 0.263. The van der Waals surface area contributed by atoms with Crippen LogP contribution >= 0.6 is 23.4 Å². The quantitative estimate of drug-likeness (QED) is 0.583. The van der Waals surface area contributed by atoms with E-state index in [1.165, 1.54) is 0 Å². The van der Waals surface area contributed by atoms with E-state index in [4.69, 9.17) is 23.9 Å². The molecule has 1 heterocycles. The van der Waals surface area contributed by atoms with E-state index < -0.39 is 11.2 Å². The van der Waals surface area contributed by atoms with Crippen molar-refractivity contribution in [1.29, 1.82) is 5.26 Å². The number of hydrogen-bond donors (Lipinski definition) is 1. The second-order valence-electron chi connectivity index (χ2n) is 5.87. The topological polar surface area (TPSA) is 87.4 Å². The maximum Gasteiger partial charge on any atom is 0.235 e. The van der Waals surface area contributed by atoms with E-state index in [0.717, 1.165) is 11.8 Å². The first-order chi connectivity index (χ1) is 12.8. The zero-order valence-electron chi connectivity index (χ0n) is 15.2. The number of halogens is 1. The van der Waals surface area contributed by atoms with Crippen molar-refractivity contribution in [3.05, 3.63) is 57.4 Å². The minimum Gasteiger partial charge on any atom is -0.371 e. The van der Waals surface area contributed by atoms with Gasteiger partial charge in [0.1, 0.15) is 22.2 Å². The van der Waals surface area contributed by atoms with Crippen LogP contribution in [0.4, 0.5) is 11.5 Å². The van der Waals surface area contributed by atoms with E-state index in [0.29, 0.717) is 44.7 Å². The van der Waals surface area contributed by atoms with Gasteiger partial charge in [-0.1, -0.05) is 42.4 Å². The van der Waals surface area contributed by atoms with Crippen molar-refractivity contribution in [1.82, 2.24) is 4.98 Å². The minimum atomic E-state index is -0.736. The van der Waals surface area contributed by atoms with Gasteiger partial charge in [0.25, 0.3) is 0 Å². The number of carbonyl (C=O) groups is 1. The molecule has 8 heteroatoms. The summed E-state index contributed by atoms with van der Waals surface area (Å²) in [5, 5.41) is 9.88. The lowest BCUT2D eigenvalue weighted by Crippen LogP contribution is -2.20. The van der Waals surface area contributed by atoms with Gasteiger partial charge in [0.15, 0.2) is 0 Å². The molecule has 2 aromatic rings. The Kier molecular flexibility index (Phi) is 6.68. The predicted octanol–water partition coefficient (Wildman–Crippen LogP) is 4.10. The van der Waals surface area contributed by atoms with Crippen LogP contribution in [0.1, 0.15) is 28.9 Å². The standard InChI is InChI=1S/C19H18ClN5OS/c1-5-13-14(10-21)19(24-18(25(3)4)15(13)23-2)27-16(17(22)26)11-6-8-12(20)9-7-11/h6-9,16H,5H2,1,3-4H3,(H2,22,26). The molecule has 0 radical (unpaired) electrons. The number of nitriles is 1. The lowest BCUT2D eigenvalue weighted by molar-refractivity contribution is -0.117. The predicted molar refractivity (Wildman–Crippen MR) is 108 cm³/mol. The second kappa shape index (κ2) is 8.77. The van der Waals surface area contributed by atoms with Crippen LogP contribution in [0.2, 0.25) is 5.02 Å². The van der Waals surface area contributed by atoms with Crippen molar-refractivity contribution in [2.24, 2.45) is 5.73 Å². The van der Waals surface area contributed by atoms with Crippen LogP contribution in [0.15, 0.2) is 29.3 Å². The molecular weight excluding hydrogens is 382 g/mol. The molecule has 0 saturated carbocycles. The maximum absolute atomic E-state index is 12.1. The summed E-state index contributed by atoms with van der Waals surface area (Å²) in [6.45, 7) is 9.36. The fourth-order valence-electron chi connectivity index (χ4n) is 2.60. The summed E-state index contributed by atoms with van der Waals surface area (Å²) in [7, 11) is 3.56. The molecule has 6 nitrogen and oxygen atoms in total. The summed E-state index contributed by atoms with van der Waals surface area (Å²) in [6, 6.07) is 8.94. The van der Waals surface area contributed by atoms with Crippen LogP contribution in [0, 0.1) is 17.9 Å². The molecule has 1 aromatic heterocycles. The molecule has 0 fully saturated rings. The Morgan fingerprint density at radius 1 is 1.44 bits per heavy atom. The van der Waals surface area contributed by atoms with Gasteiger partial charge >= 0.3 is 0 Å².